The lowest BCUT2D eigenvalue weighted by molar-refractivity contribution is 0.0914. The first-order valence-corrected chi connectivity index (χ1v) is 13.9. The quantitative estimate of drug-likeness (QED) is 0.397. The maximum Gasteiger partial charge on any atom is 0.280 e. The Labute approximate surface area is 212 Å². The summed E-state index contributed by atoms with van der Waals surface area (Å²) >= 11 is 1.18. The molecule has 0 spiro atoms. The number of carbonyl (C=O) groups excluding carboxylic acids is 1. The number of anilines is 1. The Bertz CT molecular complexity index is 1340. The maximum absolute atomic E-state index is 13.2. The van der Waals surface area contributed by atoms with Gasteiger partial charge in [0.15, 0.2) is 5.01 Å². The first-order valence-electron chi connectivity index (χ1n) is 11.6. The van der Waals surface area contributed by atoms with Gasteiger partial charge in [0.1, 0.15) is 17.8 Å². The van der Waals surface area contributed by atoms with Crippen molar-refractivity contribution in [2.75, 3.05) is 24.5 Å². The molecule has 0 unspecified atom stereocenters. The van der Waals surface area contributed by atoms with Crippen LogP contribution in [-0.2, 0) is 14.8 Å². The minimum atomic E-state index is -3.48. The van der Waals surface area contributed by atoms with Crippen molar-refractivity contribution in [3.63, 3.8) is 0 Å². The van der Waals surface area contributed by atoms with Crippen LogP contribution in [0, 0.1) is 5.92 Å². The number of amides is 1. The zero-order chi connectivity index (χ0) is 25.1. The number of sulfonamides is 1. The van der Waals surface area contributed by atoms with E-state index >= 15 is 0 Å². The highest BCUT2D eigenvalue weighted by atomic mass is 32.2. The van der Waals surface area contributed by atoms with Crippen molar-refractivity contribution in [1.29, 1.82) is 0 Å². The zero-order valence-corrected chi connectivity index (χ0v) is 21.1. The number of nitrogens with one attached hydrogen (secondary N) is 2. The fourth-order valence-corrected chi connectivity index (χ4v) is 5.94. The molecule has 1 aliphatic heterocycles. The Morgan fingerprint density at radius 3 is 2.83 bits per heavy atom. The summed E-state index contributed by atoms with van der Waals surface area (Å²) < 4.78 is 38.2. The summed E-state index contributed by atoms with van der Waals surface area (Å²) in [4.78, 5) is 35.1. The molecule has 190 valence electrons. The fourth-order valence-electron chi connectivity index (χ4n) is 3.84. The van der Waals surface area contributed by atoms with Crippen LogP contribution in [0.15, 0.2) is 31.0 Å². The van der Waals surface area contributed by atoms with E-state index in [9.17, 15) is 13.2 Å². The number of thiazole rings is 1. The van der Waals surface area contributed by atoms with Crippen molar-refractivity contribution < 1.29 is 22.7 Å². The van der Waals surface area contributed by atoms with Crippen LogP contribution < -0.4 is 14.8 Å². The molecule has 2 atom stereocenters. The first-order chi connectivity index (χ1) is 17.4. The van der Waals surface area contributed by atoms with Crippen LogP contribution in [0.5, 0.6) is 5.88 Å². The lowest BCUT2D eigenvalue weighted by Crippen LogP contribution is -2.34. The number of ether oxygens (including phenoxy) is 2. The fraction of sp³-hybridized carbons (Fsp3) is 0.455. The predicted octanol–water partition coefficient (Wildman–Crippen LogP) is 2.20. The third-order valence-corrected chi connectivity index (χ3v) is 8.66. The zero-order valence-electron chi connectivity index (χ0n) is 19.5. The number of hydrogen-bond acceptors (Lipinski definition) is 11. The van der Waals surface area contributed by atoms with Gasteiger partial charge in [-0.2, -0.15) is 0 Å². The summed E-state index contributed by atoms with van der Waals surface area (Å²) in [5.74, 6) is 0.155. The van der Waals surface area contributed by atoms with E-state index in [-0.39, 0.29) is 27.9 Å². The van der Waals surface area contributed by atoms with Gasteiger partial charge >= 0.3 is 0 Å². The lowest BCUT2D eigenvalue weighted by atomic mass is 9.95. The molecule has 3 aromatic heterocycles. The van der Waals surface area contributed by atoms with E-state index in [4.69, 9.17) is 9.47 Å². The molecule has 12 nitrogen and oxygen atoms in total. The van der Waals surface area contributed by atoms with E-state index < -0.39 is 16.1 Å². The van der Waals surface area contributed by atoms with Crippen LogP contribution in [-0.4, -0.2) is 64.3 Å². The second kappa shape index (κ2) is 10.4. The van der Waals surface area contributed by atoms with Crippen molar-refractivity contribution in [1.82, 2.24) is 30.2 Å². The molecule has 1 aliphatic carbocycles. The topological polar surface area (TPSA) is 158 Å². The summed E-state index contributed by atoms with van der Waals surface area (Å²) in [7, 11) is -3.48. The maximum atomic E-state index is 13.2. The monoisotopic (exact) mass is 531 g/mol. The highest BCUT2D eigenvalue weighted by molar-refractivity contribution is 7.93. The molecule has 1 amide bonds. The first kappa shape index (κ1) is 24.5. The molecule has 2 aliphatic rings. The van der Waals surface area contributed by atoms with E-state index in [2.05, 4.69) is 35.0 Å². The highest BCUT2D eigenvalue weighted by Crippen LogP contribution is 2.32. The van der Waals surface area contributed by atoms with Gasteiger partial charge in [-0.15, -0.1) is 11.3 Å². The molecule has 0 aromatic carbocycles. The largest absolute Gasteiger partial charge is 0.477 e. The van der Waals surface area contributed by atoms with Crippen molar-refractivity contribution >= 4 is 33.1 Å². The van der Waals surface area contributed by atoms with Crippen LogP contribution in [0.3, 0.4) is 0 Å². The van der Waals surface area contributed by atoms with Crippen LogP contribution in [0.1, 0.15) is 47.7 Å². The number of hydrogen-bond donors (Lipinski definition) is 2. The average Bonchev–Trinajstić information content (AvgIpc) is 3.38. The third kappa shape index (κ3) is 5.60. The smallest absolute Gasteiger partial charge is 0.280 e. The molecule has 0 radical (unpaired) electrons. The average molecular weight is 532 g/mol. The van der Waals surface area contributed by atoms with Gasteiger partial charge in [0, 0.05) is 24.8 Å². The third-order valence-electron chi connectivity index (χ3n) is 5.80. The van der Waals surface area contributed by atoms with Crippen molar-refractivity contribution in [2.24, 2.45) is 5.92 Å². The SMILES string of the molecule is CCOc1cncc(-c2cnc(C(=O)N[C@@H](c3cc(NS(=O)(=O)C4CC4)ncn3)[C@H]3CCOC3)s2)n1. The van der Waals surface area contributed by atoms with E-state index in [1.807, 2.05) is 6.92 Å². The van der Waals surface area contributed by atoms with Gasteiger partial charge < -0.3 is 14.8 Å². The number of aromatic nitrogens is 5. The van der Waals surface area contributed by atoms with Gasteiger partial charge in [-0.05, 0) is 26.2 Å². The number of carbonyl (C=O) groups is 1. The Hall–Kier alpha value is -3.23. The Morgan fingerprint density at radius 2 is 2.08 bits per heavy atom. The Morgan fingerprint density at radius 1 is 1.22 bits per heavy atom. The molecule has 2 fully saturated rings. The minimum Gasteiger partial charge on any atom is -0.477 e. The molecule has 4 heterocycles. The summed E-state index contributed by atoms with van der Waals surface area (Å²) in [6.45, 7) is 3.34. The molecular weight excluding hydrogens is 506 g/mol. The van der Waals surface area contributed by atoms with Gasteiger partial charge in [-0.3, -0.25) is 14.5 Å². The Kier molecular flexibility index (Phi) is 7.07. The molecule has 36 heavy (non-hydrogen) atoms. The second-order valence-electron chi connectivity index (χ2n) is 8.45. The van der Waals surface area contributed by atoms with E-state index in [1.165, 1.54) is 23.9 Å². The Balaban J connectivity index is 1.35. The summed E-state index contributed by atoms with van der Waals surface area (Å²) in [5.41, 5.74) is 1.05. The normalized spacial score (nSPS) is 18.5. The van der Waals surface area contributed by atoms with E-state index in [1.54, 1.807) is 18.5 Å². The number of nitrogens with zero attached hydrogens (tertiary/aromatic N) is 5. The van der Waals surface area contributed by atoms with Crippen molar-refractivity contribution in [2.45, 2.75) is 37.5 Å². The van der Waals surface area contributed by atoms with Gasteiger partial charge in [0.2, 0.25) is 15.9 Å². The van der Waals surface area contributed by atoms with Crippen LogP contribution >= 0.6 is 11.3 Å². The van der Waals surface area contributed by atoms with Crippen LogP contribution in [0.2, 0.25) is 0 Å². The molecule has 3 aromatic rings. The second-order valence-corrected chi connectivity index (χ2v) is 11.4. The van der Waals surface area contributed by atoms with E-state index in [0.717, 1.165) is 6.42 Å². The molecule has 1 saturated carbocycles. The van der Waals surface area contributed by atoms with Crippen LogP contribution in [0.25, 0.3) is 10.6 Å². The number of rotatable bonds is 10. The van der Waals surface area contributed by atoms with Gasteiger partial charge in [-0.25, -0.2) is 28.4 Å². The summed E-state index contributed by atoms with van der Waals surface area (Å²) in [6, 6.07) is 1.05. The molecule has 14 heteroatoms. The van der Waals surface area contributed by atoms with Gasteiger partial charge in [0.25, 0.3) is 5.91 Å². The van der Waals surface area contributed by atoms with Gasteiger partial charge in [-0.1, -0.05) is 0 Å². The van der Waals surface area contributed by atoms with Crippen molar-refractivity contribution in [3.05, 3.63) is 41.7 Å². The van der Waals surface area contributed by atoms with Crippen LogP contribution in [0.4, 0.5) is 5.82 Å². The molecule has 2 N–H and O–H groups in total. The minimum absolute atomic E-state index is 0.0371. The summed E-state index contributed by atoms with van der Waals surface area (Å²) in [5, 5.41) is 2.88. The molecule has 0 bridgehead atoms. The molecule has 5 rings (SSSR count). The van der Waals surface area contributed by atoms with Crippen molar-refractivity contribution in [3.8, 4) is 16.5 Å². The molecular formula is C22H25N7O5S2. The van der Waals surface area contributed by atoms with Gasteiger partial charge in [0.05, 0.1) is 47.5 Å². The standard InChI is InChI=1S/C22H25N7O5S2/c1-2-34-19-10-23-8-16(27-19)17-9-24-22(35-17)21(30)28-20(13-5-6-33-11-13)15-7-18(26-12-25-15)29-36(31,32)14-3-4-14/h7-10,12-14,20H,2-6,11H2,1H3,(H,28,30)(H,25,26,29)/t13-,20+/m0/s1. The highest BCUT2D eigenvalue weighted by Gasteiger charge is 2.36. The molecule has 1 saturated heterocycles. The summed E-state index contributed by atoms with van der Waals surface area (Å²) in [6.07, 6.45) is 7.98. The van der Waals surface area contributed by atoms with E-state index in [0.29, 0.717) is 54.8 Å². The lowest BCUT2D eigenvalue weighted by Gasteiger charge is -2.23. The predicted molar refractivity (Wildman–Crippen MR) is 131 cm³/mol.